The summed E-state index contributed by atoms with van der Waals surface area (Å²) < 4.78 is 17.0. The van der Waals surface area contributed by atoms with Crippen molar-refractivity contribution in [2.75, 3.05) is 7.11 Å². The Morgan fingerprint density at radius 2 is 1.79 bits per heavy atom. The van der Waals surface area contributed by atoms with Crippen molar-refractivity contribution in [3.05, 3.63) is 93.7 Å². The number of allylic oxidation sites excluding steroid dienone is 1. The number of Topliss-reactive ketones (excluding diaryl/α,β-unsaturated/α-hetero) is 1. The molecule has 4 nitrogen and oxygen atoms in total. The molecule has 3 aromatic rings. The van der Waals surface area contributed by atoms with E-state index in [9.17, 15) is 4.79 Å². The number of carbonyl (C=O) groups is 1. The van der Waals surface area contributed by atoms with Gasteiger partial charge in [0, 0.05) is 16.1 Å². The molecule has 0 unspecified atom stereocenters. The molecule has 0 amide bonds. The van der Waals surface area contributed by atoms with E-state index in [0.29, 0.717) is 28.7 Å². The molecule has 1 heterocycles. The summed E-state index contributed by atoms with van der Waals surface area (Å²) in [4.78, 5) is 12.7. The maximum Gasteiger partial charge on any atom is 0.231 e. The van der Waals surface area contributed by atoms with Crippen LogP contribution in [0.25, 0.3) is 6.08 Å². The Morgan fingerprint density at radius 1 is 1.03 bits per heavy atom. The zero-order chi connectivity index (χ0) is 20.4. The van der Waals surface area contributed by atoms with Crippen LogP contribution in [-0.2, 0) is 6.61 Å². The minimum Gasteiger partial charge on any atom is -0.497 e. The fourth-order valence-electron chi connectivity index (χ4n) is 3.15. The highest BCUT2D eigenvalue weighted by Crippen LogP contribution is 2.39. The van der Waals surface area contributed by atoms with Crippen LogP contribution in [0.5, 0.6) is 17.2 Å². The number of hydrogen-bond donors (Lipinski definition) is 0. The third-order valence-corrected chi connectivity index (χ3v) is 5.16. The van der Waals surface area contributed by atoms with Crippen molar-refractivity contribution in [3.8, 4) is 17.2 Å². The third-order valence-electron chi connectivity index (χ3n) is 4.79. The molecule has 0 aromatic heterocycles. The van der Waals surface area contributed by atoms with Gasteiger partial charge in [0.2, 0.25) is 5.78 Å². The first-order valence-electron chi connectivity index (χ1n) is 9.15. The highest BCUT2D eigenvalue weighted by atomic mass is 35.5. The van der Waals surface area contributed by atoms with E-state index >= 15 is 0 Å². The molecule has 0 atom stereocenters. The second-order valence-corrected chi connectivity index (χ2v) is 7.07. The molecule has 146 valence electrons. The summed E-state index contributed by atoms with van der Waals surface area (Å²) in [5.74, 6) is 2.09. The maximum absolute atomic E-state index is 12.7. The van der Waals surface area contributed by atoms with E-state index < -0.39 is 0 Å². The SMILES string of the molecule is COc1ccc(/C=C2\Oc3c(ccc(OCc4ccccc4Cl)c3C)C2=O)cc1. The van der Waals surface area contributed by atoms with E-state index in [-0.39, 0.29) is 11.5 Å². The Bertz CT molecular complexity index is 1100. The quantitative estimate of drug-likeness (QED) is 0.498. The number of hydrogen-bond acceptors (Lipinski definition) is 4. The second kappa shape index (κ2) is 8.02. The Labute approximate surface area is 174 Å². The van der Waals surface area contributed by atoms with Crippen LogP contribution in [-0.4, -0.2) is 12.9 Å². The first kappa shape index (κ1) is 19.1. The van der Waals surface area contributed by atoms with E-state index in [1.165, 1.54) is 0 Å². The largest absolute Gasteiger partial charge is 0.497 e. The van der Waals surface area contributed by atoms with Crippen molar-refractivity contribution in [3.63, 3.8) is 0 Å². The number of ketones is 1. The maximum atomic E-state index is 12.7. The molecular formula is C24H19ClO4. The summed E-state index contributed by atoms with van der Waals surface area (Å²) in [5, 5.41) is 0.655. The van der Waals surface area contributed by atoms with Crippen LogP contribution < -0.4 is 14.2 Å². The number of benzene rings is 3. The zero-order valence-corrected chi connectivity index (χ0v) is 16.8. The lowest BCUT2D eigenvalue weighted by Gasteiger charge is -2.12. The Kier molecular flexibility index (Phi) is 5.28. The fraction of sp³-hybridized carbons (Fsp3) is 0.125. The third kappa shape index (κ3) is 3.84. The average Bonchev–Trinajstić information content (AvgIpc) is 3.05. The summed E-state index contributed by atoms with van der Waals surface area (Å²) >= 11 is 6.19. The van der Waals surface area contributed by atoms with Crippen LogP contribution in [0.3, 0.4) is 0 Å². The normalized spacial score (nSPS) is 13.9. The monoisotopic (exact) mass is 406 g/mol. The second-order valence-electron chi connectivity index (χ2n) is 6.66. The number of halogens is 1. The molecule has 0 saturated heterocycles. The molecule has 29 heavy (non-hydrogen) atoms. The van der Waals surface area contributed by atoms with Crippen LogP contribution in [0.4, 0.5) is 0 Å². The van der Waals surface area contributed by atoms with Gasteiger partial charge in [-0.1, -0.05) is 41.9 Å². The number of ether oxygens (including phenoxy) is 3. The molecule has 3 aromatic carbocycles. The highest BCUT2D eigenvalue weighted by molar-refractivity contribution is 6.31. The van der Waals surface area contributed by atoms with Crippen LogP contribution in [0.15, 0.2) is 66.4 Å². The average molecular weight is 407 g/mol. The minimum absolute atomic E-state index is 0.142. The molecule has 0 N–H and O–H groups in total. The molecule has 4 rings (SSSR count). The predicted octanol–water partition coefficient (Wildman–Crippen LogP) is 5.85. The predicted molar refractivity (Wildman–Crippen MR) is 113 cm³/mol. The Balaban J connectivity index is 1.56. The van der Waals surface area contributed by atoms with Crippen molar-refractivity contribution in [2.24, 2.45) is 0 Å². The van der Waals surface area contributed by atoms with Crippen LogP contribution in [0.2, 0.25) is 5.02 Å². The van der Waals surface area contributed by atoms with Crippen molar-refractivity contribution in [2.45, 2.75) is 13.5 Å². The fourth-order valence-corrected chi connectivity index (χ4v) is 3.34. The molecule has 1 aliphatic heterocycles. The van der Waals surface area contributed by atoms with Crippen LogP contribution in [0, 0.1) is 6.92 Å². The van der Waals surface area contributed by atoms with E-state index in [1.807, 2.05) is 55.5 Å². The summed E-state index contributed by atoms with van der Waals surface area (Å²) in [6.45, 7) is 2.21. The number of fused-ring (bicyclic) bond motifs is 1. The van der Waals surface area contributed by atoms with E-state index in [2.05, 4.69) is 0 Å². The van der Waals surface area contributed by atoms with Gasteiger partial charge in [0.1, 0.15) is 23.9 Å². The number of rotatable bonds is 5. The van der Waals surface area contributed by atoms with Gasteiger partial charge in [-0.25, -0.2) is 0 Å². The van der Waals surface area contributed by atoms with E-state index in [1.54, 1.807) is 25.3 Å². The molecule has 0 fully saturated rings. The van der Waals surface area contributed by atoms with Gasteiger partial charge in [-0.3, -0.25) is 4.79 Å². The molecule has 0 aliphatic carbocycles. The van der Waals surface area contributed by atoms with Gasteiger partial charge in [0.05, 0.1) is 12.7 Å². The topological polar surface area (TPSA) is 44.8 Å². The van der Waals surface area contributed by atoms with Crippen molar-refractivity contribution in [1.82, 2.24) is 0 Å². The van der Waals surface area contributed by atoms with Gasteiger partial charge in [-0.05, 0) is 48.9 Å². The zero-order valence-electron chi connectivity index (χ0n) is 16.1. The van der Waals surface area contributed by atoms with Crippen LogP contribution in [0.1, 0.15) is 27.0 Å². The van der Waals surface area contributed by atoms with Gasteiger partial charge in [-0.15, -0.1) is 0 Å². The van der Waals surface area contributed by atoms with E-state index in [0.717, 1.165) is 22.4 Å². The van der Waals surface area contributed by atoms with Gasteiger partial charge in [-0.2, -0.15) is 0 Å². The highest BCUT2D eigenvalue weighted by Gasteiger charge is 2.30. The minimum atomic E-state index is -0.142. The molecule has 1 aliphatic rings. The summed E-state index contributed by atoms with van der Waals surface area (Å²) in [6.07, 6.45) is 1.73. The lowest BCUT2D eigenvalue weighted by molar-refractivity contribution is 0.101. The Hall–Kier alpha value is -3.24. The Morgan fingerprint density at radius 3 is 2.52 bits per heavy atom. The first-order chi connectivity index (χ1) is 14.1. The smallest absolute Gasteiger partial charge is 0.231 e. The first-order valence-corrected chi connectivity index (χ1v) is 9.52. The lowest BCUT2D eigenvalue weighted by Crippen LogP contribution is -1.99. The van der Waals surface area contributed by atoms with Gasteiger partial charge < -0.3 is 14.2 Å². The summed E-state index contributed by atoms with van der Waals surface area (Å²) in [5.41, 5.74) is 3.06. The van der Waals surface area contributed by atoms with Crippen molar-refractivity contribution >= 4 is 23.5 Å². The summed E-state index contributed by atoms with van der Waals surface area (Å²) in [6, 6.07) is 18.5. The molecule has 0 saturated carbocycles. The van der Waals surface area contributed by atoms with Crippen LogP contribution >= 0.6 is 11.6 Å². The molecule has 0 bridgehead atoms. The number of carbonyl (C=O) groups excluding carboxylic acids is 1. The summed E-state index contributed by atoms with van der Waals surface area (Å²) in [7, 11) is 1.61. The van der Waals surface area contributed by atoms with Gasteiger partial charge in [0.25, 0.3) is 0 Å². The lowest BCUT2D eigenvalue weighted by atomic mass is 10.1. The molecule has 0 spiro atoms. The molecular weight excluding hydrogens is 388 g/mol. The van der Waals surface area contributed by atoms with Crippen molar-refractivity contribution in [1.29, 1.82) is 0 Å². The van der Waals surface area contributed by atoms with E-state index in [4.69, 9.17) is 25.8 Å². The molecule has 0 radical (unpaired) electrons. The molecule has 5 heteroatoms. The van der Waals surface area contributed by atoms with Crippen molar-refractivity contribution < 1.29 is 19.0 Å². The standard InChI is InChI=1S/C24H19ClO4/c1-15-21(28-14-17-5-3-4-6-20(17)25)12-11-19-23(26)22(29-24(15)19)13-16-7-9-18(27-2)10-8-16/h3-13H,14H2,1-2H3/b22-13-. The number of methoxy groups -OCH3 is 1. The van der Waals surface area contributed by atoms with Gasteiger partial charge in [0.15, 0.2) is 5.76 Å². The van der Waals surface area contributed by atoms with Gasteiger partial charge >= 0.3 is 0 Å².